The Morgan fingerprint density at radius 2 is 2.28 bits per heavy atom. The van der Waals surface area contributed by atoms with Crippen LogP contribution in [0.15, 0.2) is 24.3 Å². The van der Waals surface area contributed by atoms with E-state index < -0.39 is 0 Å². The lowest BCUT2D eigenvalue weighted by atomic mass is 10.2. The van der Waals surface area contributed by atoms with E-state index in [0.717, 1.165) is 10.9 Å². The summed E-state index contributed by atoms with van der Waals surface area (Å²) in [4.78, 5) is 12.1. The number of amides is 1. The molecule has 0 saturated carbocycles. The topological polar surface area (TPSA) is 60.0 Å². The zero-order valence-electron chi connectivity index (χ0n) is 10.4. The van der Waals surface area contributed by atoms with E-state index in [-0.39, 0.29) is 11.9 Å². The number of nitrogens with two attached hydrogens (primary N) is 1. The molecule has 0 aliphatic carbocycles. The quantitative estimate of drug-likeness (QED) is 0.891. The van der Waals surface area contributed by atoms with E-state index in [1.54, 1.807) is 4.57 Å². The van der Waals surface area contributed by atoms with Crippen LogP contribution in [0.1, 0.15) is 17.4 Å². The molecule has 0 spiro atoms. The van der Waals surface area contributed by atoms with E-state index in [1.807, 2.05) is 38.2 Å². The van der Waals surface area contributed by atoms with Gasteiger partial charge in [0.2, 0.25) is 0 Å². The van der Waals surface area contributed by atoms with E-state index in [2.05, 4.69) is 5.32 Å². The summed E-state index contributed by atoms with van der Waals surface area (Å²) in [5, 5.41) is 4.43. The van der Waals surface area contributed by atoms with Gasteiger partial charge in [-0.05, 0) is 19.1 Å². The average Bonchev–Trinajstić information content (AvgIpc) is 2.68. The van der Waals surface area contributed by atoms with Gasteiger partial charge in [-0.25, -0.2) is 0 Å². The molecule has 0 fully saturated rings. The predicted octanol–water partition coefficient (Wildman–Crippen LogP) is 1.91. The highest BCUT2D eigenvalue weighted by molar-refractivity contribution is 6.35. The molecule has 3 N–H and O–H groups in total. The monoisotopic (exact) mass is 265 g/mol. The zero-order chi connectivity index (χ0) is 13.3. The van der Waals surface area contributed by atoms with Crippen molar-refractivity contribution in [1.82, 2.24) is 9.88 Å². The van der Waals surface area contributed by atoms with E-state index in [0.29, 0.717) is 17.3 Å². The molecule has 1 heterocycles. The van der Waals surface area contributed by atoms with Gasteiger partial charge in [0.15, 0.2) is 0 Å². The largest absolute Gasteiger partial charge is 0.347 e. The number of rotatable bonds is 3. The van der Waals surface area contributed by atoms with E-state index in [4.69, 9.17) is 17.3 Å². The number of halogens is 1. The number of fused-ring (bicyclic) bond motifs is 1. The van der Waals surface area contributed by atoms with Gasteiger partial charge >= 0.3 is 0 Å². The fourth-order valence-corrected chi connectivity index (χ4v) is 2.25. The Labute approximate surface area is 111 Å². The third-order valence-electron chi connectivity index (χ3n) is 2.97. The van der Waals surface area contributed by atoms with Gasteiger partial charge in [0.1, 0.15) is 5.69 Å². The first kappa shape index (κ1) is 12.9. The van der Waals surface area contributed by atoms with Crippen molar-refractivity contribution in [3.63, 3.8) is 0 Å². The second-order valence-corrected chi connectivity index (χ2v) is 4.78. The molecule has 0 radical (unpaired) electrons. The minimum absolute atomic E-state index is 0.0500. The molecular weight excluding hydrogens is 250 g/mol. The molecule has 96 valence electrons. The first-order valence-corrected chi connectivity index (χ1v) is 6.17. The Hall–Kier alpha value is -1.52. The summed E-state index contributed by atoms with van der Waals surface area (Å²) < 4.78 is 1.80. The highest BCUT2D eigenvalue weighted by atomic mass is 35.5. The summed E-state index contributed by atoms with van der Waals surface area (Å²) >= 11 is 6.14. The molecule has 2 aromatic rings. The minimum Gasteiger partial charge on any atom is -0.347 e. The molecule has 5 heteroatoms. The number of nitrogens with one attached hydrogen (secondary N) is 1. The number of carbonyl (C=O) groups excluding carboxylic acids is 1. The van der Waals surface area contributed by atoms with Crippen molar-refractivity contribution in [3.8, 4) is 0 Å². The van der Waals surface area contributed by atoms with Crippen LogP contribution >= 0.6 is 11.6 Å². The predicted molar refractivity (Wildman–Crippen MR) is 73.9 cm³/mol. The fraction of sp³-hybridized carbons (Fsp3) is 0.308. The van der Waals surface area contributed by atoms with Gasteiger partial charge in [-0.1, -0.05) is 23.7 Å². The molecule has 1 unspecified atom stereocenters. The Balaban J connectivity index is 2.43. The normalized spacial score (nSPS) is 12.7. The molecular formula is C13H16ClN3O. The highest BCUT2D eigenvalue weighted by Gasteiger charge is 2.15. The van der Waals surface area contributed by atoms with Gasteiger partial charge in [0.05, 0.1) is 10.5 Å². The van der Waals surface area contributed by atoms with Gasteiger partial charge < -0.3 is 15.6 Å². The number of hydrogen-bond donors (Lipinski definition) is 2. The van der Waals surface area contributed by atoms with Crippen LogP contribution in [0.3, 0.4) is 0 Å². The number of aromatic nitrogens is 1. The van der Waals surface area contributed by atoms with Crippen molar-refractivity contribution >= 4 is 28.4 Å². The summed E-state index contributed by atoms with van der Waals surface area (Å²) in [7, 11) is 1.83. The van der Waals surface area contributed by atoms with E-state index in [1.165, 1.54) is 0 Å². The van der Waals surface area contributed by atoms with Crippen LogP contribution in [-0.4, -0.2) is 23.1 Å². The lowest BCUT2D eigenvalue weighted by Crippen LogP contribution is -2.38. The van der Waals surface area contributed by atoms with Crippen molar-refractivity contribution in [2.24, 2.45) is 12.8 Å². The van der Waals surface area contributed by atoms with Gasteiger partial charge in [-0.15, -0.1) is 0 Å². The van der Waals surface area contributed by atoms with Crippen LogP contribution < -0.4 is 11.1 Å². The molecule has 1 aromatic heterocycles. The summed E-state index contributed by atoms with van der Waals surface area (Å²) in [6.45, 7) is 2.28. The molecule has 0 bridgehead atoms. The third-order valence-corrected chi connectivity index (χ3v) is 3.28. The molecule has 1 amide bonds. The summed E-state index contributed by atoms with van der Waals surface area (Å²) in [6, 6.07) is 7.40. The summed E-state index contributed by atoms with van der Waals surface area (Å²) in [5.74, 6) is -0.136. The Kier molecular flexibility index (Phi) is 3.59. The lowest BCUT2D eigenvalue weighted by Gasteiger charge is -2.11. The molecule has 0 aliphatic rings. The maximum atomic E-state index is 12.1. The smallest absolute Gasteiger partial charge is 0.268 e. The lowest BCUT2D eigenvalue weighted by molar-refractivity contribution is 0.0933. The van der Waals surface area contributed by atoms with Crippen LogP contribution in [0.5, 0.6) is 0 Å². The fourth-order valence-electron chi connectivity index (χ4n) is 1.94. The molecule has 0 saturated heterocycles. The van der Waals surface area contributed by atoms with Gasteiger partial charge in [0, 0.05) is 25.0 Å². The minimum atomic E-state index is -0.136. The van der Waals surface area contributed by atoms with Crippen molar-refractivity contribution in [1.29, 1.82) is 0 Å². The summed E-state index contributed by atoms with van der Waals surface area (Å²) in [5.41, 5.74) is 6.94. The van der Waals surface area contributed by atoms with Crippen LogP contribution in [0, 0.1) is 0 Å². The average molecular weight is 266 g/mol. The first-order valence-electron chi connectivity index (χ1n) is 5.79. The number of carbonyl (C=O) groups is 1. The van der Waals surface area contributed by atoms with Crippen LogP contribution in [0.4, 0.5) is 0 Å². The summed E-state index contributed by atoms with van der Waals surface area (Å²) in [6.07, 6.45) is 0. The maximum Gasteiger partial charge on any atom is 0.268 e. The number of hydrogen-bond acceptors (Lipinski definition) is 2. The molecule has 2 rings (SSSR count). The molecule has 4 nitrogen and oxygen atoms in total. The molecule has 18 heavy (non-hydrogen) atoms. The highest BCUT2D eigenvalue weighted by Crippen LogP contribution is 2.25. The van der Waals surface area contributed by atoms with Crippen molar-refractivity contribution in [2.75, 3.05) is 6.54 Å². The number of nitrogens with zero attached hydrogens (tertiary/aromatic N) is 1. The van der Waals surface area contributed by atoms with Crippen molar-refractivity contribution in [3.05, 3.63) is 35.0 Å². The van der Waals surface area contributed by atoms with Crippen molar-refractivity contribution in [2.45, 2.75) is 13.0 Å². The van der Waals surface area contributed by atoms with Crippen LogP contribution in [0.25, 0.3) is 10.9 Å². The standard InChI is InChI=1S/C13H16ClN3O/c1-8(7-15)16-13(18)11-6-9-4-3-5-10(14)12(9)17(11)2/h3-6,8H,7,15H2,1-2H3,(H,16,18). The molecule has 1 atom stereocenters. The number of para-hydroxylation sites is 1. The maximum absolute atomic E-state index is 12.1. The molecule has 0 aliphatic heterocycles. The Bertz CT molecular complexity index is 591. The SMILES string of the molecule is CC(CN)NC(=O)c1cc2cccc(Cl)c2n1C. The van der Waals surface area contributed by atoms with Gasteiger partial charge in [-0.2, -0.15) is 0 Å². The first-order chi connectivity index (χ1) is 8.54. The van der Waals surface area contributed by atoms with Gasteiger partial charge in [-0.3, -0.25) is 4.79 Å². The third kappa shape index (κ3) is 2.21. The van der Waals surface area contributed by atoms with E-state index >= 15 is 0 Å². The van der Waals surface area contributed by atoms with Crippen LogP contribution in [0.2, 0.25) is 5.02 Å². The van der Waals surface area contributed by atoms with Crippen LogP contribution in [-0.2, 0) is 7.05 Å². The Morgan fingerprint density at radius 1 is 1.56 bits per heavy atom. The zero-order valence-corrected chi connectivity index (χ0v) is 11.2. The number of benzene rings is 1. The second kappa shape index (κ2) is 5.00. The van der Waals surface area contributed by atoms with Gasteiger partial charge in [0.25, 0.3) is 5.91 Å². The molecule has 1 aromatic carbocycles. The van der Waals surface area contributed by atoms with Crippen molar-refractivity contribution < 1.29 is 4.79 Å². The Morgan fingerprint density at radius 3 is 2.89 bits per heavy atom. The van der Waals surface area contributed by atoms with E-state index in [9.17, 15) is 4.79 Å². The second-order valence-electron chi connectivity index (χ2n) is 4.38. The number of aryl methyl sites for hydroxylation is 1.